The number of aliphatic carboxylic acids is 1. The smallest absolute Gasteiger partial charge is 0.306 e. The van der Waals surface area contributed by atoms with Gasteiger partial charge < -0.3 is 5.11 Å². The Bertz CT molecular complexity index is 475. The van der Waals surface area contributed by atoms with Gasteiger partial charge in [0.15, 0.2) is 0 Å². The Hall–Kier alpha value is -1.31. The third-order valence-corrected chi connectivity index (χ3v) is 6.21. The third-order valence-electron chi connectivity index (χ3n) is 6.21. The van der Waals surface area contributed by atoms with Crippen molar-refractivity contribution < 1.29 is 9.90 Å². The van der Waals surface area contributed by atoms with E-state index in [-0.39, 0.29) is 5.92 Å². The molecule has 0 aromatic carbocycles. The number of carboxylic acids is 1. The van der Waals surface area contributed by atoms with Gasteiger partial charge in [0.2, 0.25) is 0 Å². The lowest BCUT2D eigenvalue weighted by Crippen LogP contribution is -2.13. The summed E-state index contributed by atoms with van der Waals surface area (Å²) in [6, 6.07) is 0. The second-order valence-electron chi connectivity index (χ2n) is 9.29. The minimum Gasteiger partial charge on any atom is -0.481 e. The molecule has 0 heterocycles. The molecule has 1 unspecified atom stereocenters. The summed E-state index contributed by atoms with van der Waals surface area (Å²) in [6.45, 7) is 4.42. The SMILES string of the molecule is CC/C=C\C/C=C\C/C=C\CCCCCCC(CCCCCCCCCCCC)C(=O)O. The van der Waals surface area contributed by atoms with Crippen molar-refractivity contribution >= 4 is 5.97 Å². The molecule has 0 aromatic rings. The van der Waals surface area contributed by atoms with Gasteiger partial charge in [-0.3, -0.25) is 4.79 Å². The molecule has 0 spiro atoms. The molecular formula is C30H54O2. The van der Waals surface area contributed by atoms with E-state index in [1.165, 1.54) is 77.0 Å². The van der Waals surface area contributed by atoms with Gasteiger partial charge in [0.1, 0.15) is 0 Å². The van der Waals surface area contributed by atoms with E-state index in [4.69, 9.17) is 0 Å². The highest BCUT2D eigenvalue weighted by Gasteiger charge is 2.16. The molecule has 2 nitrogen and oxygen atoms in total. The molecular weight excluding hydrogens is 392 g/mol. The minimum atomic E-state index is -0.581. The maximum absolute atomic E-state index is 11.5. The molecule has 0 aliphatic carbocycles. The van der Waals surface area contributed by atoms with Crippen LogP contribution in [0.2, 0.25) is 0 Å². The standard InChI is InChI=1S/C30H54O2/c1-3-5-7-9-11-13-15-16-17-18-20-22-24-26-28-29(30(31)32)27-25-23-21-19-14-12-10-8-6-4-2/h5,7,11,13,16-17,29H,3-4,6,8-10,12,14-15,18-28H2,1-2H3,(H,31,32)/b7-5-,13-11-,17-16-. The molecule has 0 fully saturated rings. The van der Waals surface area contributed by atoms with E-state index in [1.807, 2.05) is 0 Å². The molecule has 1 N–H and O–H groups in total. The first kappa shape index (κ1) is 30.7. The first-order valence-corrected chi connectivity index (χ1v) is 13.9. The predicted molar refractivity (Wildman–Crippen MR) is 142 cm³/mol. The lowest BCUT2D eigenvalue weighted by Gasteiger charge is -2.12. The molecule has 0 saturated heterocycles. The Morgan fingerprint density at radius 1 is 0.594 bits per heavy atom. The van der Waals surface area contributed by atoms with Gasteiger partial charge in [0.05, 0.1) is 5.92 Å². The Balaban J connectivity index is 3.56. The lowest BCUT2D eigenvalue weighted by molar-refractivity contribution is -0.142. The molecule has 0 radical (unpaired) electrons. The van der Waals surface area contributed by atoms with E-state index in [0.717, 1.165) is 51.4 Å². The summed E-state index contributed by atoms with van der Waals surface area (Å²) >= 11 is 0. The first-order chi connectivity index (χ1) is 15.7. The molecule has 0 bridgehead atoms. The number of rotatable bonds is 24. The van der Waals surface area contributed by atoms with E-state index in [2.05, 4.69) is 50.3 Å². The molecule has 0 saturated carbocycles. The Morgan fingerprint density at radius 3 is 1.53 bits per heavy atom. The average Bonchev–Trinajstić information content (AvgIpc) is 2.78. The Morgan fingerprint density at radius 2 is 1.03 bits per heavy atom. The highest BCUT2D eigenvalue weighted by atomic mass is 16.4. The fraction of sp³-hybridized carbons (Fsp3) is 0.767. The van der Waals surface area contributed by atoms with Crippen LogP contribution in [-0.4, -0.2) is 11.1 Å². The minimum absolute atomic E-state index is 0.122. The van der Waals surface area contributed by atoms with Crippen LogP contribution in [0.5, 0.6) is 0 Å². The van der Waals surface area contributed by atoms with Crippen LogP contribution in [0.15, 0.2) is 36.5 Å². The van der Waals surface area contributed by atoms with E-state index in [1.54, 1.807) is 0 Å². The summed E-state index contributed by atoms with van der Waals surface area (Å²) in [7, 11) is 0. The van der Waals surface area contributed by atoms with Crippen LogP contribution in [0.1, 0.15) is 142 Å². The van der Waals surface area contributed by atoms with E-state index in [9.17, 15) is 9.90 Å². The summed E-state index contributed by atoms with van der Waals surface area (Å²) in [5.74, 6) is -0.704. The van der Waals surface area contributed by atoms with Gasteiger partial charge in [-0.25, -0.2) is 0 Å². The van der Waals surface area contributed by atoms with E-state index >= 15 is 0 Å². The van der Waals surface area contributed by atoms with Crippen LogP contribution < -0.4 is 0 Å². The van der Waals surface area contributed by atoms with Gasteiger partial charge in [-0.1, -0.05) is 134 Å². The Labute approximate surface area is 200 Å². The zero-order valence-electron chi connectivity index (χ0n) is 21.5. The molecule has 0 aliphatic heterocycles. The van der Waals surface area contributed by atoms with Gasteiger partial charge in [-0.2, -0.15) is 0 Å². The topological polar surface area (TPSA) is 37.3 Å². The van der Waals surface area contributed by atoms with Crippen molar-refractivity contribution in [3.8, 4) is 0 Å². The Kier molecular flexibility index (Phi) is 24.9. The molecule has 2 heteroatoms. The normalized spacial score (nSPS) is 13.1. The van der Waals surface area contributed by atoms with Crippen molar-refractivity contribution in [1.29, 1.82) is 0 Å². The number of carbonyl (C=O) groups is 1. The van der Waals surface area contributed by atoms with Crippen molar-refractivity contribution in [1.82, 2.24) is 0 Å². The summed E-state index contributed by atoms with van der Waals surface area (Å²) in [4.78, 5) is 11.5. The number of unbranched alkanes of at least 4 members (excludes halogenated alkanes) is 13. The second-order valence-corrected chi connectivity index (χ2v) is 9.29. The average molecular weight is 447 g/mol. The van der Waals surface area contributed by atoms with Crippen molar-refractivity contribution in [2.45, 2.75) is 142 Å². The van der Waals surface area contributed by atoms with Crippen molar-refractivity contribution in [3.63, 3.8) is 0 Å². The van der Waals surface area contributed by atoms with Crippen LogP contribution in [-0.2, 0) is 4.79 Å². The lowest BCUT2D eigenvalue weighted by atomic mass is 9.94. The largest absolute Gasteiger partial charge is 0.481 e. The zero-order chi connectivity index (χ0) is 23.5. The molecule has 1 atom stereocenters. The number of allylic oxidation sites excluding steroid dienone is 6. The summed E-state index contributed by atoms with van der Waals surface area (Å²) in [5, 5.41) is 9.50. The quantitative estimate of drug-likeness (QED) is 0.118. The monoisotopic (exact) mass is 446 g/mol. The number of carboxylic acid groups (broad SMARTS) is 1. The summed E-state index contributed by atoms with van der Waals surface area (Å²) in [6.07, 6.45) is 37.2. The van der Waals surface area contributed by atoms with Gasteiger partial charge in [-0.15, -0.1) is 0 Å². The zero-order valence-corrected chi connectivity index (χ0v) is 21.5. The van der Waals surface area contributed by atoms with Crippen LogP contribution >= 0.6 is 0 Å². The van der Waals surface area contributed by atoms with Gasteiger partial charge in [0, 0.05) is 0 Å². The van der Waals surface area contributed by atoms with Crippen LogP contribution in [0.25, 0.3) is 0 Å². The first-order valence-electron chi connectivity index (χ1n) is 13.9. The van der Waals surface area contributed by atoms with Gasteiger partial charge >= 0.3 is 5.97 Å². The number of hydrogen-bond donors (Lipinski definition) is 1. The maximum atomic E-state index is 11.5. The highest BCUT2D eigenvalue weighted by molar-refractivity contribution is 5.69. The van der Waals surface area contributed by atoms with E-state index < -0.39 is 5.97 Å². The van der Waals surface area contributed by atoms with Crippen molar-refractivity contribution in [2.75, 3.05) is 0 Å². The third kappa shape index (κ3) is 23.4. The summed E-state index contributed by atoms with van der Waals surface area (Å²) in [5.41, 5.74) is 0. The maximum Gasteiger partial charge on any atom is 0.306 e. The number of hydrogen-bond acceptors (Lipinski definition) is 1. The van der Waals surface area contributed by atoms with Crippen molar-refractivity contribution in [3.05, 3.63) is 36.5 Å². The molecule has 0 rings (SSSR count). The summed E-state index contributed by atoms with van der Waals surface area (Å²) < 4.78 is 0. The van der Waals surface area contributed by atoms with Gasteiger partial charge in [-0.05, 0) is 44.9 Å². The fourth-order valence-corrected chi connectivity index (χ4v) is 4.10. The second kappa shape index (κ2) is 25.9. The van der Waals surface area contributed by atoms with Crippen LogP contribution in [0, 0.1) is 5.92 Å². The predicted octanol–water partition coefficient (Wildman–Crippen LogP) is 10.2. The molecule has 0 aromatic heterocycles. The van der Waals surface area contributed by atoms with E-state index in [0.29, 0.717) is 0 Å². The fourth-order valence-electron chi connectivity index (χ4n) is 4.10. The van der Waals surface area contributed by atoms with Gasteiger partial charge in [0.25, 0.3) is 0 Å². The molecule has 0 aliphatic rings. The highest BCUT2D eigenvalue weighted by Crippen LogP contribution is 2.19. The van der Waals surface area contributed by atoms with Crippen molar-refractivity contribution in [2.24, 2.45) is 5.92 Å². The molecule has 186 valence electrons. The van der Waals surface area contributed by atoms with Crippen LogP contribution in [0.4, 0.5) is 0 Å². The molecule has 32 heavy (non-hydrogen) atoms. The van der Waals surface area contributed by atoms with Crippen LogP contribution in [0.3, 0.4) is 0 Å². The molecule has 0 amide bonds.